The van der Waals surface area contributed by atoms with Crippen molar-refractivity contribution in [2.45, 2.75) is 26.2 Å². The summed E-state index contributed by atoms with van der Waals surface area (Å²) in [4.78, 5) is 17.5. The average molecular weight is 376 g/mol. The van der Waals surface area contributed by atoms with Crippen LogP contribution in [0.2, 0.25) is 0 Å². The van der Waals surface area contributed by atoms with Crippen LogP contribution in [0.15, 0.2) is 53.3 Å². The van der Waals surface area contributed by atoms with Crippen LogP contribution in [0.5, 0.6) is 0 Å². The number of thiazole rings is 1. The van der Waals surface area contributed by atoms with Gasteiger partial charge in [0.25, 0.3) is 5.56 Å². The van der Waals surface area contributed by atoms with Crippen LogP contribution in [-0.2, 0) is 5.41 Å². The molecule has 0 aliphatic carbocycles. The van der Waals surface area contributed by atoms with Gasteiger partial charge in [0.15, 0.2) is 0 Å². The molecule has 0 atom stereocenters. The maximum absolute atomic E-state index is 12.9. The predicted molar refractivity (Wildman–Crippen MR) is 112 cm³/mol. The average Bonchev–Trinajstić information content (AvgIpc) is 3.21. The van der Waals surface area contributed by atoms with Gasteiger partial charge in [0.2, 0.25) is 5.13 Å². The third kappa shape index (κ3) is 3.02. The number of fused-ring (bicyclic) bond motifs is 1. The molecule has 0 saturated heterocycles. The highest BCUT2D eigenvalue weighted by atomic mass is 32.1. The van der Waals surface area contributed by atoms with Gasteiger partial charge in [-0.2, -0.15) is 4.68 Å². The number of hydrogen-bond donors (Lipinski definition) is 2. The van der Waals surface area contributed by atoms with Crippen LogP contribution >= 0.6 is 11.3 Å². The van der Waals surface area contributed by atoms with E-state index in [4.69, 9.17) is 5.41 Å². The SMILES string of the molecule is CC(C)(C)c1cccc(-c2[nH]n(-c3nc4ccccc4s3)c(=O)c2C=N)c1. The van der Waals surface area contributed by atoms with Gasteiger partial charge in [-0.15, -0.1) is 0 Å². The van der Waals surface area contributed by atoms with E-state index >= 15 is 0 Å². The van der Waals surface area contributed by atoms with Crippen molar-refractivity contribution < 1.29 is 0 Å². The monoisotopic (exact) mass is 376 g/mol. The smallest absolute Gasteiger partial charge is 0.282 e. The molecule has 0 bridgehead atoms. The van der Waals surface area contributed by atoms with Gasteiger partial charge in [0.1, 0.15) is 0 Å². The van der Waals surface area contributed by atoms with Crippen LogP contribution in [0.3, 0.4) is 0 Å². The van der Waals surface area contributed by atoms with Gasteiger partial charge in [-0.05, 0) is 29.2 Å². The number of H-pyrrole nitrogens is 1. The van der Waals surface area contributed by atoms with Crippen LogP contribution in [0.25, 0.3) is 26.6 Å². The maximum atomic E-state index is 12.9. The van der Waals surface area contributed by atoms with Crippen molar-refractivity contribution in [3.63, 3.8) is 0 Å². The Bertz CT molecular complexity index is 1170. The van der Waals surface area contributed by atoms with Gasteiger partial charge >= 0.3 is 0 Å². The van der Waals surface area contributed by atoms with Crippen molar-refractivity contribution >= 4 is 27.8 Å². The summed E-state index contributed by atoms with van der Waals surface area (Å²) in [6.45, 7) is 6.45. The molecule has 0 radical (unpaired) electrons. The quantitative estimate of drug-likeness (QED) is 0.507. The van der Waals surface area contributed by atoms with E-state index in [2.05, 4.69) is 43.0 Å². The Kier molecular flexibility index (Phi) is 4.08. The summed E-state index contributed by atoms with van der Waals surface area (Å²) >= 11 is 1.45. The summed E-state index contributed by atoms with van der Waals surface area (Å²) in [6.07, 6.45) is 1.11. The molecule has 136 valence electrons. The molecule has 0 fully saturated rings. The molecule has 0 aliphatic heterocycles. The number of nitrogens with one attached hydrogen (secondary N) is 2. The summed E-state index contributed by atoms with van der Waals surface area (Å²) in [7, 11) is 0. The van der Waals surface area contributed by atoms with Crippen LogP contribution in [0.4, 0.5) is 0 Å². The molecule has 2 N–H and O–H groups in total. The Balaban J connectivity index is 1.90. The maximum Gasteiger partial charge on any atom is 0.282 e. The second-order valence-electron chi connectivity index (χ2n) is 7.48. The molecule has 2 heterocycles. The summed E-state index contributed by atoms with van der Waals surface area (Å²) in [5.41, 5.74) is 3.62. The van der Waals surface area contributed by atoms with E-state index in [1.54, 1.807) is 0 Å². The fourth-order valence-corrected chi connectivity index (χ4v) is 3.96. The molecule has 0 unspecified atom stereocenters. The molecule has 4 rings (SSSR count). The highest BCUT2D eigenvalue weighted by molar-refractivity contribution is 7.20. The van der Waals surface area contributed by atoms with E-state index in [0.717, 1.165) is 22.0 Å². The molecule has 0 amide bonds. The fraction of sp³-hybridized carbons (Fsp3) is 0.190. The second-order valence-corrected chi connectivity index (χ2v) is 8.49. The molecule has 5 nitrogen and oxygen atoms in total. The van der Waals surface area contributed by atoms with Crippen molar-refractivity contribution in [3.8, 4) is 16.4 Å². The van der Waals surface area contributed by atoms with Crippen LogP contribution in [0, 0.1) is 5.41 Å². The van der Waals surface area contributed by atoms with Gasteiger partial charge in [0.05, 0.1) is 21.5 Å². The zero-order chi connectivity index (χ0) is 19.2. The Morgan fingerprint density at radius 3 is 2.63 bits per heavy atom. The summed E-state index contributed by atoms with van der Waals surface area (Å²) < 4.78 is 2.45. The first-order valence-corrected chi connectivity index (χ1v) is 9.52. The third-order valence-corrected chi connectivity index (χ3v) is 5.58. The molecule has 2 aromatic heterocycles. The Morgan fingerprint density at radius 2 is 1.93 bits per heavy atom. The van der Waals surface area contributed by atoms with E-state index in [1.165, 1.54) is 21.6 Å². The largest absolute Gasteiger partial charge is 0.308 e. The Hall–Kier alpha value is -2.99. The van der Waals surface area contributed by atoms with Gasteiger partial charge in [0, 0.05) is 11.8 Å². The van der Waals surface area contributed by atoms with Gasteiger partial charge < -0.3 is 5.41 Å². The fourth-order valence-electron chi connectivity index (χ4n) is 3.04. The minimum Gasteiger partial charge on any atom is -0.308 e. The number of aromatic amines is 1. The van der Waals surface area contributed by atoms with Crippen molar-refractivity contribution in [2.24, 2.45) is 0 Å². The van der Waals surface area contributed by atoms with E-state index in [0.29, 0.717) is 16.4 Å². The Morgan fingerprint density at radius 1 is 1.15 bits per heavy atom. The van der Waals surface area contributed by atoms with E-state index in [1.807, 2.05) is 36.4 Å². The molecule has 0 saturated carbocycles. The van der Waals surface area contributed by atoms with Crippen LogP contribution in [0.1, 0.15) is 31.9 Å². The zero-order valence-electron chi connectivity index (χ0n) is 15.4. The first kappa shape index (κ1) is 17.4. The number of benzene rings is 2. The zero-order valence-corrected chi connectivity index (χ0v) is 16.2. The lowest BCUT2D eigenvalue weighted by Gasteiger charge is -2.19. The van der Waals surface area contributed by atoms with E-state index in [9.17, 15) is 4.79 Å². The minimum atomic E-state index is -0.264. The lowest BCUT2D eigenvalue weighted by atomic mass is 9.86. The molecule has 2 aromatic carbocycles. The molecule has 0 aliphatic rings. The summed E-state index contributed by atoms with van der Waals surface area (Å²) in [6, 6.07) is 15.9. The summed E-state index contributed by atoms with van der Waals surface area (Å²) in [5, 5.41) is 11.5. The second kappa shape index (κ2) is 6.32. The van der Waals surface area contributed by atoms with Gasteiger partial charge in [-0.3, -0.25) is 9.89 Å². The normalized spacial score (nSPS) is 11.8. The lowest BCUT2D eigenvalue weighted by Crippen LogP contribution is -2.16. The first-order valence-electron chi connectivity index (χ1n) is 8.71. The third-order valence-electron chi connectivity index (χ3n) is 4.56. The summed E-state index contributed by atoms with van der Waals surface area (Å²) in [5.74, 6) is 0. The Labute approximate surface area is 160 Å². The molecular formula is C21H20N4OS. The van der Waals surface area contributed by atoms with Gasteiger partial charge in [-0.1, -0.05) is 62.4 Å². The topological polar surface area (TPSA) is 74.5 Å². The molecule has 6 heteroatoms. The van der Waals surface area contributed by atoms with E-state index in [-0.39, 0.29) is 11.0 Å². The van der Waals surface area contributed by atoms with Crippen molar-refractivity contribution in [1.82, 2.24) is 14.8 Å². The molecule has 27 heavy (non-hydrogen) atoms. The van der Waals surface area contributed by atoms with Crippen LogP contribution < -0.4 is 5.56 Å². The standard InChI is InChI=1S/C21H20N4OS/c1-21(2,3)14-8-6-7-13(11-14)18-15(12-22)19(26)25(24-18)20-23-16-9-4-5-10-17(16)27-20/h4-12,22,24H,1-3H3. The van der Waals surface area contributed by atoms with Crippen molar-refractivity contribution in [2.75, 3.05) is 0 Å². The highest BCUT2D eigenvalue weighted by Crippen LogP contribution is 2.29. The predicted octanol–water partition coefficient (Wildman–Crippen LogP) is 4.74. The molecular weight excluding hydrogens is 356 g/mol. The first-order chi connectivity index (χ1) is 12.9. The lowest BCUT2D eigenvalue weighted by molar-refractivity contribution is 0.590. The number of aromatic nitrogens is 3. The van der Waals surface area contributed by atoms with Crippen molar-refractivity contribution in [1.29, 1.82) is 5.41 Å². The minimum absolute atomic E-state index is 0.00323. The molecule has 4 aromatic rings. The number of para-hydroxylation sites is 1. The molecule has 0 spiro atoms. The number of hydrogen-bond acceptors (Lipinski definition) is 4. The number of rotatable bonds is 3. The van der Waals surface area contributed by atoms with Gasteiger partial charge in [-0.25, -0.2) is 4.98 Å². The van der Waals surface area contributed by atoms with E-state index < -0.39 is 0 Å². The van der Waals surface area contributed by atoms with Crippen LogP contribution in [-0.4, -0.2) is 21.0 Å². The number of nitrogens with zero attached hydrogens (tertiary/aromatic N) is 2. The van der Waals surface area contributed by atoms with Crippen molar-refractivity contribution in [3.05, 3.63) is 70.0 Å². The highest BCUT2D eigenvalue weighted by Gasteiger charge is 2.19.